The summed E-state index contributed by atoms with van der Waals surface area (Å²) in [6, 6.07) is 0. The molecular weight excluding hydrogens is 303 g/mol. The predicted octanol–water partition coefficient (Wildman–Crippen LogP) is -3.50. The molecule has 0 aromatic carbocycles. The molecule has 0 aliphatic carbocycles. The normalized spacial score (nSPS) is 5.54. The van der Waals surface area contributed by atoms with Crippen molar-refractivity contribution in [3.05, 3.63) is 0 Å². The van der Waals surface area contributed by atoms with E-state index in [0.29, 0.717) is 0 Å². The van der Waals surface area contributed by atoms with Crippen molar-refractivity contribution in [1.82, 2.24) is 22.6 Å². The molecule has 13 heteroatoms. The molecule has 0 bridgehead atoms. The summed E-state index contributed by atoms with van der Waals surface area (Å²) in [7, 11) is 0. The van der Waals surface area contributed by atoms with Crippen LogP contribution in [0.3, 0.4) is 0 Å². The molecular formula is H14N4O8Sn. The molecule has 0 aliphatic rings. The van der Waals surface area contributed by atoms with E-state index in [2.05, 4.69) is 0 Å². The van der Waals surface area contributed by atoms with E-state index in [-0.39, 0.29) is 23.9 Å². The van der Waals surface area contributed by atoms with Gasteiger partial charge in [-0.15, -0.1) is 0 Å². The fourth-order valence-electron chi connectivity index (χ4n) is 0. The summed E-state index contributed by atoms with van der Waals surface area (Å²) in [5.41, 5.74) is 3.00. The van der Waals surface area contributed by atoms with E-state index in [1.807, 2.05) is 0 Å². The van der Waals surface area contributed by atoms with Crippen LogP contribution in [0, 0.1) is 0 Å². The number of hydrogen-bond acceptors (Lipinski definition) is 12. The van der Waals surface area contributed by atoms with Crippen LogP contribution in [0.1, 0.15) is 0 Å². The van der Waals surface area contributed by atoms with Gasteiger partial charge in [0, 0.05) is 0 Å². The SMILES string of the molecule is ONO.ONO.ONO.ONO.[SnH2]. The first-order chi connectivity index (χ1) is 5.66. The Morgan fingerprint density at radius 3 is 0.385 bits per heavy atom. The zero-order chi connectivity index (χ0) is 10.8. The van der Waals surface area contributed by atoms with Gasteiger partial charge in [-0.1, -0.05) is 22.6 Å². The van der Waals surface area contributed by atoms with Gasteiger partial charge in [0.2, 0.25) is 0 Å². The Labute approximate surface area is 88.7 Å². The van der Waals surface area contributed by atoms with Crippen molar-refractivity contribution in [2.24, 2.45) is 0 Å². The summed E-state index contributed by atoms with van der Waals surface area (Å²) in [6.45, 7) is 0. The van der Waals surface area contributed by atoms with Crippen molar-refractivity contribution in [3.63, 3.8) is 0 Å². The van der Waals surface area contributed by atoms with Crippen LogP contribution in [-0.2, 0) is 0 Å². The molecule has 0 aliphatic heterocycles. The summed E-state index contributed by atoms with van der Waals surface area (Å²) >= 11 is 0. The summed E-state index contributed by atoms with van der Waals surface area (Å²) in [5, 5.41) is 55.0. The van der Waals surface area contributed by atoms with Crippen molar-refractivity contribution in [1.29, 1.82) is 0 Å². The van der Waals surface area contributed by atoms with Crippen molar-refractivity contribution in [2.75, 3.05) is 0 Å². The molecule has 0 atom stereocenters. The molecule has 12 N–H and O–H groups in total. The summed E-state index contributed by atoms with van der Waals surface area (Å²) in [6.07, 6.45) is 0. The zero-order valence-corrected chi connectivity index (χ0v) is 10.3. The fourth-order valence-corrected chi connectivity index (χ4v) is 0. The van der Waals surface area contributed by atoms with Crippen LogP contribution in [0.15, 0.2) is 0 Å². The van der Waals surface area contributed by atoms with Crippen LogP contribution in [-0.4, -0.2) is 65.6 Å². The molecule has 0 saturated heterocycles. The predicted molar refractivity (Wildman–Crippen MR) is 35.4 cm³/mol. The van der Waals surface area contributed by atoms with Gasteiger partial charge < -0.3 is 0 Å². The minimum absolute atomic E-state index is 0. The van der Waals surface area contributed by atoms with Crippen LogP contribution in [0.2, 0.25) is 0 Å². The second-order valence-corrected chi connectivity index (χ2v) is 0.400. The van der Waals surface area contributed by atoms with E-state index in [4.69, 9.17) is 41.7 Å². The van der Waals surface area contributed by atoms with Crippen LogP contribution < -0.4 is 22.6 Å². The van der Waals surface area contributed by atoms with Crippen LogP contribution in [0.25, 0.3) is 0 Å². The molecule has 0 fully saturated rings. The third-order valence-corrected chi connectivity index (χ3v) is 0. The molecule has 0 unspecified atom stereocenters. The van der Waals surface area contributed by atoms with Crippen molar-refractivity contribution in [3.8, 4) is 0 Å². The van der Waals surface area contributed by atoms with Gasteiger partial charge in [0.15, 0.2) is 0 Å². The molecule has 0 amide bonds. The first-order valence-corrected chi connectivity index (χ1v) is 1.79. The molecule has 12 nitrogen and oxygen atoms in total. The van der Waals surface area contributed by atoms with Crippen molar-refractivity contribution >= 4 is 23.9 Å². The van der Waals surface area contributed by atoms with Crippen LogP contribution in [0.5, 0.6) is 0 Å². The van der Waals surface area contributed by atoms with E-state index in [1.165, 1.54) is 0 Å². The number of hydrogen-bond donors (Lipinski definition) is 12. The Bertz CT molecular complexity index is 24.1. The molecule has 0 rings (SSSR count). The Hall–Kier alpha value is 0.319. The van der Waals surface area contributed by atoms with E-state index in [1.54, 1.807) is 0 Å². The summed E-state index contributed by atoms with van der Waals surface area (Å²) < 4.78 is 0. The number of nitrogens with one attached hydrogen (secondary N) is 4. The molecule has 13 heavy (non-hydrogen) atoms. The number of rotatable bonds is 0. The van der Waals surface area contributed by atoms with Gasteiger partial charge in [-0.3, -0.25) is 41.7 Å². The van der Waals surface area contributed by atoms with Crippen molar-refractivity contribution < 1.29 is 41.7 Å². The third kappa shape index (κ3) is 12900. The molecule has 2 radical (unpaired) electrons. The van der Waals surface area contributed by atoms with Gasteiger partial charge >= 0.3 is 23.9 Å². The van der Waals surface area contributed by atoms with Gasteiger partial charge in [0.25, 0.3) is 0 Å². The van der Waals surface area contributed by atoms with E-state index < -0.39 is 0 Å². The van der Waals surface area contributed by atoms with E-state index in [0.717, 1.165) is 22.6 Å². The van der Waals surface area contributed by atoms with Crippen LogP contribution >= 0.6 is 0 Å². The second-order valence-electron chi connectivity index (χ2n) is 0.400. The third-order valence-electron chi connectivity index (χ3n) is 0. The summed E-state index contributed by atoms with van der Waals surface area (Å²) in [4.78, 5) is 0. The Balaban J connectivity index is -0.0000000213. The standard InChI is InChI=1S/4H3NO2.Sn.2H/c4*2-1-3;;;/h4*1-3H;;;. The topological polar surface area (TPSA) is 210 Å². The van der Waals surface area contributed by atoms with Gasteiger partial charge in [0.05, 0.1) is 0 Å². The average Bonchev–Trinajstić information content (AvgIpc) is 1.92. The second kappa shape index (κ2) is 84.6. The molecule has 0 aromatic heterocycles. The molecule has 0 spiro atoms. The van der Waals surface area contributed by atoms with Gasteiger partial charge in [0.1, 0.15) is 0 Å². The minimum atomic E-state index is 0. The zero-order valence-electron chi connectivity index (χ0n) is 6.28. The quantitative estimate of drug-likeness (QED) is 0.155. The average molecular weight is 317 g/mol. The maximum absolute atomic E-state index is 6.88. The van der Waals surface area contributed by atoms with Crippen molar-refractivity contribution in [2.45, 2.75) is 0 Å². The monoisotopic (exact) mass is 318 g/mol. The van der Waals surface area contributed by atoms with E-state index in [9.17, 15) is 0 Å². The Kier molecular flexibility index (Phi) is 190. The fraction of sp³-hybridized carbons (Fsp3) is 0. The summed E-state index contributed by atoms with van der Waals surface area (Å²) in [5.74, 6) is 0. The maximum atomic E-state index is 6.88. The van der Waals surface area contributed by atoms with Gasteiger partial charge in [-0.05, 0) is 0 Å². The first kappa shape index (κ1) is 29.2. The molecule has 0 aromatic rings. The molecule has 0 heterocycles. The Morgan fingerprint density at radius 2 is 0.385 bits per heavy atom. The first-order valence-electron chi connectivity index (χ1n) is 1.79. The van der Waals surface area contributed by atoms with Gasteiger partial charge in [-0.2, -0.15) is 0 Å². The van der Waals surface area contributed by atoms with E-state index >= 15 is 0 Å². The van der Waals surface area contributed by atoms with Crippen LogP contribution in [0.4, 0.5) is 0 Å². The molecule has 86 valence electrons. The molecule has 0 saturated carbocycles. The Morgan fingerprint density at radius 1 is 0.385 bits per heavy atom. The van der Waals surface area contributed by atoms with Gasteiger partial charge in [-0.25, -0.2) is 0 Å².